The van der Waals surface area contributed by atoms with Gasteiger partial charge in [0.2, 0.25) is 0 Å². The van der Waals surface area contributed by atoms with E-state index in [1.807, 2.05) is 12.1 Å². The first-order valence-electron chi connectivity index (χ1n) is 8.36. The first kappa shape index (κ1) is 17.9. The maximum Gasteiger partial charge on any atom is 0.255 e. The van der Waals surface area contributed by atoms with Gasteiger partial charge in [0, 0.05) is 41.9 Å². The van der Waals surface area contributed by atoms with Gasteiger partial charge in [0.25, 0.3) is 5.91 Å². The minimum Gasteiger partial charge on any atom is -0.334 e. The van der Waals surface area contributed by atoms with Crippen molar-refractivity contribution < 1.29 is 9.18 Å². The lowest BCUT2D eigenvalue weighted by Gasteiger charge is -2.28. The summed E-state index contributed by atoms with van der Waals surface area (Å²) in [7, 11) is 0. The minimum atomic E-state index is -0.469. The van der Waals surface area contributed by atoms with Crippen molar-refractivity contribution in [2.45, 2.75) is 13.0 Å². The van der Waals surface area contributed by atoms with Gasteiger partial charge in [-0.05, 0) is 42.5 Å². The smallest absolute Gasteiger partial charge is 0.255 e. The Morgan fingerprint density at radius 2 is 1.89 bits per heavy atom. The first-order chi connectivity index (χ1) is 13.0. The molecule has 4 nitrogen and oxygen atoms in total. The summed E-state index contributed by atoms with van der Waals surface area (Å²) in [6.45, 7) is 0.902. The molecule has 1 amide bonds. The highest BCUT2D eigenvalue weighted by molar-refractivity contribution is 6.33. The molecule has 0 spiro atoms. The summed E-state index contributed by atoms with van der Waals surface area (Å²) < 4.78 is 13.2. The molecule has 0 radical (unpaired) electrons. The van der Waals surface area contributed by atoms with Gasteiger partial charge in [-0.15, -0.1) is 0 Å². The summed E-state index contributed by atoms with van der Waals surface area (Å²) >= 11 is 11.9. The SMILES string of the molecule is O=C(c1ccc(F)cc1Cl)N1CCc2nc(-c3ccc(Cl)cc3)ncc2C1. The molecule has 4 rings (SSSR count). The molecule has 136 valence electrons. The molecule has 7 heteroatoms. The van der Waals surface area contributed by atoms with Gasteiger partial charge in [0.1, 0.15) is 5.82 Å². The van der Waals surface area contributed by atoms with Crippen LogP contribution in [0.3, 0.4) is 0 Å². The number of rotatable bonds is 2. The molecule has 1 aliphatic rings. The highest BCUT2D eigenvalue weighted by Crippen LogP contribution is 2.25. The van der Waals surface area contributed by atoms with Crippen molar-refractivity contribution in [3.8, 4) is 11.4 Å². The number of fused-ring (bicyclic) bond motifs is 1. The van der Waals surface area contributed by atoms with Crippen LogP contribution in [0.2, 0.25) is 10.0 Å². The van der Waals surface area contributed by atoms with E-state index in [1.54, 1.807) is 23.2 Å². The summed E-state index contributed by atoms with van der Waals surface area (Å²) in [4.78, 5) is 23.5. The summed E-state index contributed by atoms with van der Waals surface area (Å²) in [5.41, 5.74) is 2.99. The Morgan fingerprint density at radius 1 is 1.11 bits per heavy atom. The Balaban J connectivity index is 1.56. The molecule has 0 atom stereocenters. The van der Waals surface area contributed by atoms with Gasteiger partial charge in [-0.1, -0.05) is 23.2 Å². The second-order valence-corrected chi connectivity index (χ2v) is 7.12. The third-order valence-corrected chi connectivity index (χ3v) is 5.05. The van der Waals surface area contributed by atoms with Crippen molar-refractivity contribution >= 4 is 29.1 Å². The fraction of sp³-hybridized carbons (Fsp3) is 0.150. The number of halogens is 3. The monoisotopic (exact) mass is 401 g/mol. The minimum absolute atomic E-state index is 0.111. The summed E-state index contributed by atoms with van der Waals surface area (Å²) in [5, 5.41) is 0.769. The average molecular weight is 402 g/mol. The molecule has 1 aliphatic heterocycles. The van der Waals surface area contributed by atoms with Crippen LogP contribution in [0.15, 0.2) is 48.7 Å². The molecule has 0 N–H and O–H groups in total. The average Bonchev–Trinajstić information content (AvgIpc) is 2.67. The van der Waals surface area contributed by atoms with E-state index in [-0.39, 0.29) is 10.9 Å². The lowest BCUT2D eigenvalue weighted by molar-refractivity contribution is 0.0733. The summed E-state index contributed by atoms with van der Waals surface area (Å²) in [6.07, 6.45) is 2.36. The molecule has 0 fully saturated rings. The molecule has 2 heterocycles. The lowest BCUT2D eigenvalue weighted by atomic mass is 10.1. The number of carbonyl (C=O) groups excluding carboxylic acids is 1. The van der Waals surface area contributed by atoms with Crippen LogP contribution in [-0.2, 0) is 13.0 Å². The fourth-order valence-electron chi connectivity index (χ4n) is 3.06. The van der Waals surface area contributed by atoms with E-state index in [1.165, 1.54) is 12.1 Å². The second-order valence-electron chi connectivity index (χ2n) is 6.27. The number of aromatic nitrogens is 2. The van der Waals surface area contributed by atoms with E-state index in [9.17, 15) is 9.18 Å². The maximum absolute atomic E-state index is 13.2. The van der Waals surface area contributed by atoms with Crippen molar-refractivity contribution in [1.82, 2.24) is 14.9 Å². The van der Waals surface area contributed by atoms with Gasteiger partial charge in [0.05, 0.1) is 16.3 Å². The second kappa shape index (κ2) is 7.25. The Kier molecular flexibility index (Phi) is 4.81. The molecule has 3 aromatic rings. The molecular formula is C20H14Cl2FN3O. The molecule has 0 saturated carbocycles. The maximum atomic E-state index is 13.2. The topological polar surface area (TPSA) is 46.1 Å². The van der Waals surface area contributed by atoms with E-state index in [0.29, 0.717) is 35.9 Å². The molecule has 0 bridgehead atoms. The van der Waals surface area contributed by atoms with Crippen LogP contribution in [-0.4, -0.2) is 27.3 Å². The van der Waals surface area contributed by atoms with Crippen molar-refractivity contribution in [2.75, 3.05) is 6.54 Å². The van der Waals surface area contributed by atoms with Crippen LogP contribution in [0.5, 0.6) is 0 Å². The van der Waals surface area contributed by atoms with Gasteiger partial charge in [-0.2, -0.15) is 0 Å². The highest BCUT2D eigenvalue weighted by atomic mass is 35.5. The van der Waals surface area contributed by atoms with Gasteiger partial charge in [0.15, 0.2) is 5.82 Å². The first-order valence-corrected chi connectivity index (χ1v) is 9.12. The van der Waals surface area contributed by atoms with Gasteiger partial charge >= 0.3 is 0 Å². The molecular weight excluding hydrogens is 388 g/mol. The van der Waals surface area contributed by atoms with Crippen molar-refractivity contribution in [1.29, 1.82) is 0 Å². The van der Waals surface area contributed by atoms with Gasteiger partial charge in [-0.25, -0.2) is 14.4 Å². The fourth-order valence-corrected chi connectivity index (χ4v) is 3.43. The largest absolute Gasteiger partial charge is 0.334 e. The van der Waals surface area contributed by atoms with Crippen LogP contribution in [0.1, 0.15) is 21.6 Å². The Labute approximate surface area is 165 Å². The Hall–Kier alpha value is -2.50. The quantitative estimate of drug-likeness (QED) is 0.620. The summed E-state index contributed by atoms with van der Waals surface area (Å²) in [6, 6.07) is 11.1. The standard InChI is InChI=1S/C20H14Cl2FN3O/c21-14-3-1-12(2-4-14)19-24-10-13-11-26(8-7-18(13)25-19)20(27)16-6-5-15(23)9-17(16)22/h1-6,9-10H,7-8,11H2. The molecule has 1 aromatic heterocycles. The highest BCUT2D eigenvalue weighted by Gasteiger charge is 2.25. The predicted octanol–water partition coefficient (Wildman–Crippen LogP) is 4.79. The molecule has 0 saturated heterocycles. The zero-order valence-electron chi connectivity index (χ0n) is 14.1. The lowest BCUT2D eigenvalue weighted by Crippen LogP contribution is -2.36. The van der Waals surface area contributed by atoms with Crippen molar-refractivity contribution in [3.05, 3.63) is 81.3 Å². The molecule has 0 unspecified atom stereocenters. The number of hydrogen-bond donors (Lipinski definition) is 0. The van der Waals surface area contributed by atoms with Crippen molar-refractivity contribution in [2.24, 2.45) is 0 Å². The normalized spacial score (nSPS) is 13.4. The van der Waals surface area contributed by atoms with E-state index >= 15 is 0 Å². The summed E-state index contributed by atoms with van der Waals surface area (Å²) in [5.74, 6) is -0.0668. The molecule has 2 aromatic carbocycles. The van der Waals surface area contributed by atoms with Crippen LogP contribution in [0, 0.1) is 5.82 Å². The van der Waals surface area contributed by atoms with Crippen LogP contribution >= 0.6 is 23.2 Å². The van der Waals surface area contributed by atoms with E-state index < -0.39 is 5.82 Å². The zero-order valence-corrected chi connectivity index (χ0v) is 15.6. The van der Waals surface area contributed by atoms with Crippen LogP contribution < -0.4 is 0 Å². The predicted molar refractivity (Wildman–Crippen MR) is 102 cm³/mol. The Bertz CT molecular complexity index is 1020. The van der Waals surface area contributed by atoms with E-state index in [2.05, 4.69) is 9.97 Å². The van der Waals surface area contributed by atoms with Crippen LogP contribution in [0.25, 0.3) is 11.4 Å². The van der Waals surface area contributed by atoms with Gasteiger partial charge < -0.3 is 4.90 Å². The number of hydrogen-bond acceptors (Lipinski definition) is 3. The van der Waals surface area contributed by atoms with E-state index in [0.717, 1.165) is 22.9 Å². The third-order valence-electron chi connectivity index (χ3n) is 4.49. The van der Waals surface area contributed by atoms with E-state index in [4.69, 9.17) is 23.2 Å². The number of amides is 1. The number of carbonyl (C=O) groups is 1. The number of benzene rings is 2. The number of nitrogens with zero attached hydrogens (tertiary/aromatic N) is 3. The van der Waals surface area contributed by atoms with Gasteiger partial charge in [-0.3, -0.25) is 4.79 Å². The Morgan fingerprint density at radius 3 is 2.63 bits per heavy atom. The molecule has 0 aliphatic carbocycles. The van der Waals surface area contributed by atoms with Crippen LogP contribution in [0.4, 0.5) is 4.39 Å². The van der Waals surface area contributed by atoms with Crippen molar-refractivity contribution in [3.63, 3.8) is 0 Å². The zero-order chi connectivity index (χ0) is 19.0. The molecule has 27 heavy (non-hydrogen) atoms. The third kappa shape index (κ3) is 3.66.